The van der Waals surface area contributed by atoms with Crippen LogP contribution in [0.1, 0.15) is 11.1 Å². The molecule has 2 aliphatic rings. The highest BCUT2D eigenvalue weighted by Crippen LogP contribution is 2.41. The van der Waals surface area contributed by atoms with Gasteiger partial charge in [0.2, 0.25) is 5.91 Å². The summed E-state index contributed by atoms with van der Waals surface area (Å²) in [6.45, 7) is -0.0774. The summed E-state index contributed by atoms with van der Waals surface area (Å²) in [5.74, 6) is -0.679. The summed E-state index contributed by atoms with van der Waals surface area (Å²) in [6.07, 6.45) is 0.168. The van der Waals surface area contributed by atoms with Gasteiger partial charge in [0.15, 0.2) is 0 Å². The quantitative estimate of drug-likeness (QED) is 0.125. The zero-order valence-corrected chi connectivity index (χ0v) is 20.8. The molecule has 1 fully saturated rings. The number of amides is 2. The predicted molar refractivity (Wildman–Crippen MR) is 134 cm³/mol. The van der Waals surface area contributed by atoms with Crippen LogP contribution in [0.15, 0.2) is 65.9 Å². The van der Waals surface area contributed by atoms with E-state index in [9.17, 15) is 24.5 Å². The summed E-state index contributed by atoms with van der Waals surface area (Å²) in [5, 5.41) is 13.2. The molecular weight excluding hydrogens is 573 g/mol. The van der Waals surface area contributed by atoms with E-state index in [-0.39, 0.29) is 41.6 Å². The van der Waals surface area contributed by atoms with Crippen molar-refractivity contribution in [3.8, 4) is 0 Å². The smallest absolute Gasteiger partial charge is 0.355 e. The molecule has 11 heteroatoms. The van der Waals surface area contributed by atoms with Crippen LogP contribution in [0.25, 0.3) is 0 Å². The van der Waals surface area contributed by atoms with Crippen LogP contribution in [0.5, 0.6) is 0 Å². The molecule has 2 aromatic carbocycles. The zero-order chi connectivity index (χ0) is 24.2. The first-order chi connectivity index (χ1) is 16.4. The first-order valence-electron chi connectivity index (χ1n) is 10.4. The van der Waals surface area contributed by atoms with Gasteiger partial charge in [0.05, 0.1) is 11.3 Å². The number of hydrogen-bond donors (Lipinski definition) is 1. The second-order valence-corrected chi connectivity index (χ2v) is 9.57. The second kappa shape index (κ2) is 10.6. The molecule has 1 N–H and O–H groups in total. The van der Waals surface area contributed by atoms with E-state index in [0.29, 0.717) is 15.7 Å². The van der Waals surface area contributed by atoms with Crippen LogP contribution in [0.4, 0.5) is 5.69 Å². The lowest BCUT2D eigenvalue weighted by Gasteiger charge is -2.49. The molecule has 176 valence electrons. The third kappa shape index (κ3) is 5.09. The van der Waals surface area contributed by atoms with Crippen molar-refractivity contribution >= 4 is 57.8 Å². The molecule has 34 heavy (non-hydrogen) atoms. The molecule has 4 rings (SSSR count). The van der Waals surface area contributed by atoms with Crippen molar-refractivity contribution in [3.63, 3.8) is 0 Å². The number of nitro groups is 1. The number of carbonyl (C=O) groups is 3. The maximum atomic E-state index is 12.9. The van der Waals surface area contributed by atoms with E-state index < -0.39 is 16.9 Å². The van der Waals surface area contributed by atoms with E-state index in [1.54, 1.807) is 0 Å². The van der Waals surface area contributed by atoms with E-state index in [0.717, 1.165) is 11.1 Å². The van der Waals surface area contributed by atoms with Gasteiger partial charge in [0.1, 0.15) is 23.7 Å². The SMILES string of the molecule is O=C(Cc1ccccc1)NC1C(=O)N2C(C(=O)OCc3ccc([N+](=O)[O-])cc3)=C(CI)CS[C@H]12. The number of nitrogens with zero attached hydrogens (tertiary/aromatic N) is 2. The van der Waals surface area contributed by atoms with Gasteiger partial charge in [-0.2, -0.15) is 0 Å². The Bertz CT molecular complexity index is 1160. The van der Waals surface area contributed by atoms with Gasteiger partial charge < -0.3 is 10.1 Å². The summed E-state index contributed by atoms with van der Waals surface area (Å²) in [4.78, 5) is 50.0. The van der Waals surface area contributed by atoms with E-state index in [4.69, 9.17) is 4.74 Å². The summed E-state index contributed by atoms with van der Waals surface area (Å²) >= 11 is 3.64. The average molecular weight is 593 g/mol. The molecule has 2 atom stereocenters. The van der Waals surface area contributed by atoms with Gasteiger partial charge in [-0.1, -0.05) is 52.9 Å². The van der Waals surface area contributed by atoms with Crippen molar-refractivity contribution in [1.29, 1.82) is 0 Å². The molecule has 0 spiro atoms. The molecule has 1 saturated heterocycles. The molecule has 1 unspecified atom stereocenters. The van der Waals surface area contributed by atoms with Crippen molar-refractivity contribution in [2.75, 3.05) is 10.2 Å². The Morgan fingerprint density at radius 3 is 2.50 bits per heavy atom. The molecule has 9 nitrogen and oxygen atoms in total. The number of halogens is 1. The Morgan fingerprint density at radius 1 is 1.15 bits per heavy atom. The number of alkyl halides is 1. The number of nitrogens with one attached hydrogen (secondary N) is 1. The highest BCUT2D eigenvalue weighted by Gasteiger charge is 2.54. The average Bonchev–Trinajstić information content (AvgIpc) is 2.85. The van der Waals surface area contributed by atoms with E-state index in [1.807, 2.05) is 30.3 Å². The Morgan fingerprint density at radius 2 is 1.85 bits per heavy atom. The molecule has 0 bridgehead atoms. The van der Waals surface area contributed by atoms with Crippen molar-refractivity contribution < 1.29 is 24.0 Å². The largest absolute Gasteiger partial charge is 0.456 e. The number of nitro benzene ring substituents is 1. The van der Waals surface area contributed by atoms with Crippen LogP contribution in [-0.2, 0) is 32.1 Å². The third-order valence-electron chi connectivity index (χ3n) is 5.44. The number of esters is 1. The molecule has 0 aliphatic carbocycles. The fourth-order valence-electron chi connectivity index (χ4n) is 3.71. The highest BCUT2D eigenvalue weighted by atomic mass is 127. The van der Waals surface area contributed by atoms with Crippen molar-refractivity contribution in [2.24, 2.45) is 0 Å². The molecular formula is C23H20IN3O6S. The maximum absolute atomic E-state index is 12.9. The molecule has 0 aromatic heterocycles. The molecule has 2 heterocycles. The first kappa shape index (κ1) is 24.2. The fourth-order valence-corrected chi connectivity index (χ4v) is 6.05. The van der Waals surface area contributed by atoms with Crippen LogP contribution in [0.2, 0.25) is 0 Å². The number of non-ortho nitro benzene ring substituents is 1. The van der Waals surface area contributed by atoms with Gasteiger partial charge in [0.25, 0.3) is 11.6 Å². The lowest BCUT2D eigenvalue weighted by molar-refractivity contribution is -0.384. The number of thioether (sulfide) groups is 1. The summed E-state index contributed by atoms with van der Waals surface area (Å²) in [5.41, 5.74) is 2.40. The highest BCUT2D eigenvalue weighted by molar-refractivity contribution is 14.1. The van der Waals surface area contributed by atoms with E-state index >= 15 is 0 Å². The minimum atomic E-state index is -0.700. The van der Waals surface area contributed by atoms with Gasteiger partial charge >= 0.3 is 5.97 Å². The topological polar surface area (TPSA) is 119 Å². The van der Waals surface area contributed by atoms with Crippen LogP contribution >= 0.6 is 34.4 Å². The van der Waals surface area contributed by atoms with E-state index in [1.165, 1.54) is 40.9 Å². The molecule has 0 radical (unpaired) electrons. The Labute approximate surface area is 213 Å². The van der Waals surface area contributed by atoms with Gasteiger partial charge in [0, 0.05) is 22.3 Å². The second-order valence-electron chi connectivity index (χ2n) is 7.70. The number of rotatable bonds is 8. The van der Waals surface area contributed by atoms with Crippen LogP contribution in [-0.4, -0.2) is 49.2 Å². The van der Waals surface area contributed by atoms with Gasteiger partial charge in [-0.05, 0) is 28.8 Å². The minimum Gasteiger partial charge on any atom is -0.456 e. The normalized spacial score (nSPS) is 19.2. The lowest BCUT2D eigenvalue weighted by atomic mass is 10.0. The van der Waals surface area contributed by atoms with Gasteiger partial charge in [-0.25, -0.2) is 4.79 Å². The number of carbonyl (C=O) groups excluding carboxylic acids is 3. The summed E-state index contributed by atoms with van der Waals surface area (Å²) < 4.78 is 5.99. The standard InChI is InChI=1S/C23H20IN3O6S/c24-11-16-13-34-22-19(25-18(28)10-14-4-2-1-3-5-14)21(29)26(22)20(16)23(30)33-12-15-6-8-17(9-7-15)27(31)32/h1-9,19,22H,10-13H2,(H,25,28)/t19?,22-/m1/s1. The van der Waals surface area contributed by atoms with Gasteiger partial charge in [-0.15, -0.1) is 11.8 Å². The first-order valence-corrected chi connectivity index (χ1v) is 12.9. The van der Waals surface area contributed by atoms with Crippen LogP contribution < -0.4 is 5.32 Å². The van der Waals surface area contributed by atoms with Gasteiger partial charge in [-0.3, -0.25) is 24.6 Å². The fraction of sp³-hybridized carbons (Fsp3) is 0.261. The van der Waals surface area contributed by atoms with Crippen LogP contribution in [0, 0.1) is 10.1 Å². The summed E-state index contributed by atoms with van der Waals surface area (Å²) in [6, 6.07) is 14.3. The third-order valence-corrected chi connectivity index (χ3v) is 7.70. The van der Waals surface area contributed by atoms with Crippen molar-refractivity contribution in [2.45, 2.75) is 24.4 Å². The number of benzene rings is 2. The molecule has 0 saturated carbocycles. The number of ether oxygens (including phenoxy) is 1. The molecule has 2 amide bonds. The minimum absolute atomic E-state index is 0.0522. The summed E-state index contributed by atoms with van der Waals surface area (Å²) in [7, 11) is 0. The lowest BCUT2D eigenvalue weighted by Crippen LogP contribution is -2.70. The Kier molecular flexibility index (Phi) is 7.51. The number of hydrogen-bond acceptors (Lipinski definition) is 7. The number of fused-ring (bicyclic) bond motifs is 1. The van der Waals surface area contributed by atoms with Crippen molar-refractivity contribution in [1.82, 2.24) is 10.2 Å². The zero-order valence-electron chi connectivity index (χ0n) is 17.8. The van der Waals surface area contributed by atoms with E-state index in [2.05, 4.69) is 27.9 Å². The molecule has 2 aromatic rings. The maximum Gasteiger partial charge on any atom is 0.355 e. The van der Waals surface area contributed by atoms with Crippen molar-refractivity contribution in [3.05, 3.63) is 87.1 Å². The monoisotopic (exact) mass is 593 g/mol. The number of β-lactam (4-membered cyclic amide) rings is 1. The Hall–Kier alpha value is -2.93. The molecule has 2 aliphatic heterocycles. The van der Waals surface area contributed by atoms with Crippen LogP contribution in [0.3, 0.4) is 0 Å². The predicted octanol–water partition coefficient (Wildman–Crippen LogP) is 2.97. The Balaban J connectivity index is 1.41.